The molecule has 0 aliphatic heterocycles. The van der Waals surface area contributed by atoms with E-state index in [4.69, 9.17) is 0 Å². The Morgan fingerprint density at radius 3 is 1.12 bits per heavy atom. The van der Waals surface area contributed by atoms with Gasteiger partial charge >= 0.3 is 115 Å². The van der Waals surface area contributed by atoms with Gasteiger partial charge in [0.05, 0.1) is 12.2 Å². The van der Waals surface area contributed by atoms with Gasteiger partial charge in [-0.3, -0.25) is 0 Å². The summed E-state index contributed by atoms with van der Waals surface area (Å²) in [6.45, 7) is 6.67. The molecule has 142 valence electrons. The van der Waals surface area contributed by atoms with E-state index in [1.54, 1.807) is 27.7 Å². The van der Waals surface area contributed by atoms with Gasteiger partial charge in [0.2, 0.25) is 20.8 Å². The topological polar surface area (TPSA) is 210 Å². The molecule has 0 rings (SSSR count). The number of ether oxygens (including phenoxy) is 2. The van der Waals surface area contributed by atoms with Crippen LogP contribution in [0.2, 0.25) is 0 Å². The van der Waals surface area contributed by atoms with Gasteiger partial charge in [-0.1, -0.05) is 10.2 Å². The first-order valence-electron chi connectivity index (χ1n) is 5.74. The number of rotatable bonds is 5. The molecule has 0 N–H and O–H groups in total. The fourth-order valence-electron chi connectivity index (χ4n) is 0.600. The minimum Gasteiger partial charge on any atom is -0.724 e. The summed E-state index contributed by atoms with van der Waals surface area (Å²) in [6.07, 6.45) is -2.38. The summed E-state index contributed by atoms with van der Waals surface area (Å²) in [5.74, 6) is 0. The molecule has 0 aliphatic carbocycles. The summed E-state index contributed by atoms with van der Waals surface area (Å²) in [5, 5.41) is 6.01. The molecular weight excluding hydrogens is 458 g/mol. The molecule has 26 heavy (non-hydrogen) atoms. The average Bonchev–Trinajstić information content (AvgIpc) is 2.31. The van der Waals surface area contributed by atoms with Crippen molar-refractivity contribution in [2.45, 2.75) is 39.9 Å². The molecule has 0 saturated carbocycles. The van der Waals surface area contributed by atoms with Crippen molar-refractivity contribution in [2.75, 3.05) is 0 Å². The Labute approximate surface area is 235 Å². The molecule has 0 heterocycles. The van der Waals surface area contributed by atoms with Gasteiger partial charge in [0, 0.05) is 0 Å². The molecule has 0 bridgehead atoms. The summed E-state index contributed by atoms with van der Waals surface area (Å²) < 4.78 is 70.6. The van der Waals surface area contributed by atoms with Crippen molar-refractivity contribution < 1.29 is 156 Å². The van der Waals surface area contributed by atoms with Gasteiger partial charge in [-0.15, -0.1) is 8.67 Å². The monoisotopic (exact) mass is 472 g/mol. The van der Waals surface area contributed by atoms with Gasteiger partial charge in [-0.25, -0.2) is 26.4 Å². The summed E-state index contributed by atoms with van der Waals surface area (Å²) in [5.41, 5.74) is 0. The molecule has 0 aromatic carbocycles. The van der Waals surface area contributed by atoms with E-state index in [0.717, 1.165) is 0 Å². The van der Waals surface area contributed by atoms with Crippen molar-refractivity contribution in [3.63, 3.8) is 0 Å². The quantitative estimate of drug-likeness (QED) is 0.0915. The maximum absolute atomic E-state index is 10.8. The van der Waals surface area contributed by atoms with Crippen LogP contribution in [0.1, 0.15) is 27.7 Å². The molecule has 18 heteroatoms. The van der Waals surface area contributed by atoms with Crippen molar-refractivity contribution in [1.29, 1.82) is 0 Å². The normalized spacial score (nSPS) is 11.1. The molecule has 14 nitrogen and oxygen atoms in total. The Balaban J connectivity index is -0.000000181. The molecule has 0 saturated heterocycles. The molecule has 0 aromatic rings. The molecular formula is C8H14K2N2O12S2. The molecule has 0 atom stereocenters. The van der Waals surface area contributed by atoms with Crippen molar-refractivity contribution in [1.82, 2.24) is 0 Å². The minimum atomic E-state index is -5.31. The van der Waals surface area contributed by atoms with Gasteiger partial charge in [0.25, 0.3) is 0 Å². The zero-order valence-corrected chi connectivity index (χ0v) is 22.6. The third-order valence-electron chi connectivity index (χ3n) is 1.08. The predicted octanol–water partition coefficient (Wildman–Crippen LogP) is -5.61. The third kappa shape index (κ3) is 33.2. The third-order valence-corrected chi connectivity index (χ3v) is 1.64. The van der Waals surface area contributed by atoms with Crippen LogP contribution in [-0.2, 0) is 38.9 Å². The SMILES string of the molecule is CC(C)OC(=O)N=NC(=O)OC(C)C.O=S(=O)([O-])OOS(=O)(=O)[O-].[K+].[K+]. The summed E-state index contributed by atoms with van der Waals surface area (Å²) in [7, 11) is -10.6. The van der Waals surface area contributed by atoms with Crippen molar-refractivity contribution in [3.8, 4) is 0 Å². The van der Waals surface area contributed by atoms with Crippen LogP contribution in [0.5, 0.6) is 0 Å². The predicted molar refractivity (Wildman–Crippen MR) is 69.7 cm³/mol. The van der Waals surface area contributed by atoms with Gasteiger partial charge in [-0.05, 0) is 27.7 Å². The number of carbonyl (C=O) groups excluding carboxylic acids is 2. The molecule has 0 unspecified atom stereocenters. The Morgan fingerprint density at radius 1 is 0.731 bits per heavy atom. The fraction of sp³-hybridized carbons (Fsp3) is 0.750. The second-order valence-electron chi connectivity index (χ2n) is 4.02. The Hall–Kier alpha value is 1.55. The fourth-order valence-corrected chi connectivity index (χ4v) is 1.14. The zero-order chi connectivity index (χ0) is 19.6. The second kappa shape index (κ2) is 17.4. The van der Waals surface area contributed by atoms with E-state index in [0.29, 0.717) is 0 Å². The number of azo groups is 1. The Morgan fingerprint density at radius 2 is 0.962 bits per heavy atom. The van der Waals surface area contributed by atoms with Crippen molar-refractivity contribution in [2.24, 2.45) is 10.2 Å². The van der Waals surface area contributed by atoms with Crippen LogP contribution in [-0.4, -0.2) is 50.3 Å². The van der Waals surface area contributed by atoms with E-state index in [2.05, 4.69) is 28.4 Å². The number of hydrogen-bond acceptors (Lipinski definition) is 12. The largest absolute Gasteiger partial charge is 1.00 e. The number of carbonyl (C=O) groups is 2. The van der Waals surface area contributed by atoms with Crippen molar-refractivity contribution in [3.05, 3.63) is 0 Å². The van der Waals surface area contributed by atoms with E-state index < -0.39 is 33.0 Å². The Kier molecular flexibility index (Phi) is 23.5. The summed E-state index contributed by atoms with van der Waals surface area (Å²) in [6, 6.07) is 0. The first-order valence-corrected chi connectivity index (χ1v) is 8.41. The number of amides is 2. The molecule has 2 amide bonds. The van der Waals surface area contributed by atoms with Gasteiger partial charge in [0.1, 0.15) is 0 Å². The van der Waals surface area contributed by atoms with E-state index in [1.165, 1.54) is 0 Å². The zero-order valence-electron chi connectivity index (χ0n) is 14.8. The van der Waals surface area contributed by atoms with Crippen LogP contribution in [0.25, 0.3) is 0 Å². The van der Waals surface area contributed by atoms with Gasteiger partial charge < -0.3 is 18.6 Å². The van der Waals surface area contributed by atoms with Crippen LogP contribution in [0.4, 0.5) is 9.59 Å². The van der Waals surface area contributed by atoms with Gasteiger partial charge in [-0.2, -0.15) is 0 Å². The average molecular weight is 473 g/mol. The van der Waals surface area contributed by atoms with Crippen LogP contribution >= 0.6 is 0 Å². The molecule has 0 radical (unpaired) electrons. The van der Waals surface area contributed by atoms with Crippen LogP contribution < -0.4 is 103 Å². The number of nitrogens with zero attached hydrogens (tertiary/aromatic N) is 2. The van der Waals surface area contributed by atoms with Crippen LogP contribution in [0, 0.1) is 0 Å². The standard InChI is InChI=1S/C8H14N2O4.2K.H2O8S2/c1-5(2)13-7(11)9-10-8(12)14-6(3)4;;;1-9(2,3)7-8-10(4,5)6/h5-6H,1-4H3;;;(H,1,2,3)(H,4,5,6)/q;2*+1;/p-2. The van der Waals surface area contributed by atoms with E-state index >= 15 is 0 Å². The van der Waals surface area contributed by atoms with Crippen LogP contribution in [0.3, 0.4) is 0 Å². The molecule has 0 aromatic heterocycles. The van der Waals surface area contributed by atoms with Gasteiger partial charge in [0.15, 0.2) is 0 Å². The molecule has 0 spiro atoms. The number of hydrogen-bond donors (Lipinski definition) is 0. The molecule has 0 fully saturated rings. The summed E-state index contributed by atoms with van der Waals surface area (Å²) in [4.78, 5) is 21.5. The van der Waals surface area contributed by atoms with E-state index in [9.17, 15) is 35.5 Å². The maximum Gasteiger partial charge on any atom is 1.00 e. The Bertz CT molecular complexity index is 590. The minimum absolute atomic E-state index is 0. The first-order chi connectivity index (χ1) is 10.6. The van der Waals surface area contributed by atoms with E-state index in [1.807, 2.05) is 0 Å². The smallest absolute Gasteiger partial charge is 0.724 e. The maximum atomic E-state index is 10.8. The van der Waals surface area contributed by atoms with Crippen LogP contribution in [0.15, 0.2) is 10.2 Å². The van der Waals surface area contributed by atoms with E-state index in [-0.39, 0.29) is 115 Å². The second-order valence-corrected chi connectivity index (χ2v) is 5.92. The van der Waals surface area contributed by atoms with Crippen molar-refractivity contribution >= 4 is 33.0 Å². The summed E-state index contributed by atoms with van der Waals surface area (Å²) >= 11 is 0. The first kappa shape index (κ1) is 35.0. The molecule has 0 aliphatic rings.